The number of carbonyl (C=O) groups is 2. The molecule has 1 aliphatic heterocycles. The van der Waals surface area contributed by atoms with Crippen molar-refractivity contribution in [1.82, 2.24) is 19.9 Å². The first-order chi connectivity index (χ1) is 15.5. The van der Waals surface area contributed by atoms with Gasteiger partial charge in [0.05, 0.1) is 0 Å². The van der Waals surface area contributed by atoms with E-state index in [1.807, 2.05) is 62.4 Å². The standard InChI is InChI=1S/C24H26N4O4/c1-16-14-27(24(30)19-8-5-4-6-9-19)12-13-28(16)23(29)18(3)31-21-11-7-10-20(17(21)2)22-25-15-26-32-22/h4-11,15-16,18H,12-14H2,1-3H3/t16-,18-/m1/s1. The molecule has 0 radical (unpaired) electrons. The number of amides is 2. The Balaban J connectivity index is 1.41. The summed E-state index contributed by atoms with van der Waals surface area (Å²) in [6, 6.07) is 14.6. The Hall–Kier alpha value is -3.68. The topological polar surface area (TPSA) is 88.8 Å². The number of aromatic nitrogens is 2. The van der Waals surface area contributed by atoms with Crippen molar-refractivity contribution < 1.29 is 18.8 Å². The molecule has 2 aromatic carbocycles. The summed E-state index contributed by atoms with van der Waals surface area (Å²) >= 11 is 0. The Kier molecular flexibility index (Phi) is 6.20. The normalized spacial score (nSPS) is 17.2. The van der Waals surface area contributed by atoms with Crippen LogP contribution in [0.5, 0.6) is 5.75 Å². The van der Waals surface area contributed by atoms with E-state index >= 15 is 0 Å². The van der Waals surface area contributed by atoms with Gasteiger partial charge in [-0.3, -0.25) is 9.59 Å². The number of piperazine rings is 1. The summed E-state index contributed by atoms with van der Waals surface area (Å²) in [5, 5.41) is 3.65. The van der Waals surface area contributed by atoms with E-state index in [1.165, 1.54) is 6.33 Å². The van der Waals surface area contributed by atoms with Crippen molar-refractivity contribution >= 4 is 11.8 Å². The monoisotopic (exact) mass is 434 g/mol. The summed E-state index contributed by atoms with van der Waals surface area (Å²) in [7, 11) is 0. The lowest BCUT2D eigenvalue weighted by molar-refractivity contribution is -0.142. The molecular formula is C24H26N4O4. The van der Waals surface area contributed by atoms with Crippen LogP contribution in [0.25, 0.3) is 11.5 Å². The molecule has 32 heavy (non-hydrogen) atoms. The van der Waals surface area contributed by atoms with Crippen molar-refractivity contribution in [3.05, 3.63) is 66.0 Å². The van der Waals surface area contributed by atoms with Crippen LogP contribution in [-0.4, -0.2) is 63.5 Å². The molecule has 2 heterocycles. The summed E-state index contributed by atoms with van der Waals surface area (Å²) in [6.07, 6.45) is 0.670. The first kappa shape index (κ1) is 21.5. The summed E-state index contributed by atoms with van der Waals surface area (Å²) in [4.78, 5) is 33.6. The van der Waals surface area contributed by atoms with Crippen molar-refractivity contribution in [2.75, 3.05) is 19.6 Å². The Bertz CT molecular complexity index is 1080. The second kappa shape index (κ2) is 9.21. The predicted molar refractivity (Wildman–Crippen MR) is 118 cm³/mol. The smallest absolute Gasteiger partial charge is 0.263 e. The maximum atomic E-state index is 13.1. The van der Waals surface area contributed by atoms with Gasteiger partial charge in [0.25, 0.3) is 17.7 Å². The zero-order valence-corrected chi connectivity index (χ0v) is 18.4. The van der Waals surface area contributed by atoms with Gasteiger partial charge in [0.1, 0.15) is 5.75 Å². The Labute approximate surface area is 186 Å². The van der Waals surface area contributed by atoms with Crippen LogP contribution in [0.4, 0.5) is 0 Å². The van der Waals surface area contributed by atoms with Gasteiger partial charge in [0, 0.05) is 42.4 Å². The number of hydrogen-bond donors (Lipinski definition) is 0. The average Bonchev–Trinajstić information content (AvgIpc) is 3.34. The maximum Gasteiger partial charge on any atom is 0.263 e. The van der Waals surface area contributed by atoms with Crippen molar-refractivity contribution in [3.63, 3.8) is 0 Å². The average molecular weight is 434 g/mol. The number of hydrogen-bond acceptors (Lipinski definition) is 6. The first-order valence-electron chi connectivity index (χ1n) is 10.6. The molecular weight excluding hydrogens is 408 g/mol. The van der Waals surface area contributed by atoms with E-state index in [0.29, 0.717) is 36.8 Å². The molecule has 0 spiro atoms. The zero-order valence-electron chi connectivity index (χ0n) is 18.4. The molecule has 8 heteroatoms. The van der Waals surface area contributed by atoms with E-state index in [0.717, 1.165) is 11.1 Å². The van der Waals surface area contributed by atoms with Crippen molar-refractivity contribution in [2.24, 2.45) is 0 Å². The fraction of sp³-hybridized carbons (Fsp3) is 0.333. The van der Waals surface area contributed by atoms with Gasteiger partial charge in [-0.2, -0.15) is 4.98 Å². The molecule has 0 saturated carbocycles. The zero-order chi connectivity index (χ0) is 22.7. The lowest BCUT2D eigenvalue weighted by Gasteiger charge is -2.40. The van der Waals surface area contributed by atoms with Crippen LogP contribution in [-0.2, 0) is 4.79 Å². The molecule has 2 atom stereocenters. The molecule has 0 N–H and O–H groups in total. The number of rotatable bonds is 5. The molecule has 1 aliphatic rings. The number of carbonyl (C=O) groups excluding carboxylic acids is 2. The van der Waals surface area contributed by atoms with Crippen molar-refractivity contribution in [3.8, 4) is 17.2 Å². The maximum absolute atomic E-state index is 13.1. The number of ether oxygens (including phenoxy) is 1. The Morgan fingerprint density at radius 3 is 2.59 bits per heavy atom. The van der Waals surface area contributed by atoms with E-state index < -0.39 is 6.10 Å². The highest BCUT2D eigenvalue weighted by atomic mass is 16.5. The van der Waals surface area contributed by atoms with Crippen LogP contribution >= 0.6 is 0 Å². The van der Waals surface area contributed by atoms with Gasteiger partial charge < -0.3 is 19.1 Å². The lowest BCUT2D eigenvalue weighted by Crippen LogP contribution is -2.57. The molecule has 3 aromatic rings. The van der Waals surface area contributed by atoms with Gasteiger partial charge in [-0.25, -0.2) is 0 Å². The molecule has 8 nitrogen and oxygen atoms in total. The minimum absolute atomic E-state index is 0.0117. The highest BCUT2D eigenvalue weighted by molar-refractivity contribution is 5.94. The van der Waals surface area contributed by atoms with Gasteiger partial charge in [0.15, 0.2) is 12.4 Å². The fourth-order valence-corrected chi connectivity index (χ4v) is 3.97. The van der Waals surface area contributed by atoms with E-state index in [1.54, 1.807) is 16.7 Å². The third-order valence-corrected chi connectivity index (χ3v) is 5.75. The summed E-state index contributed by atoms with van der Waals surface area (Å²) in [5.74, 6) is 0.876. The molecule has 1 fully saturated rings. The van der Waals surface area contributed by atoms with Gasteiger partial charge in [-0.1, -0.05) is 29.4 Å². The molecule has 1 saturated heterocycles. The predicted octanol–water partition coefficient (Wildman–Crippen LogP) is 3.19. The first-order valence-corrected chi connectivity index (χ1v) is 10.6. The Morgan fingerprint density at radius 1 is 1.12 bits per heavy atom. The molecule has 0 aliphatic carbocycles. The van der Waals surface area contributed by atoms with Gasteiger partial charge >= 0.3 is 0 Å². The fourth-order valence-electron chi connectivity index (χ4n) is 3.97. The lowest BCUT2D eigenvalue weighted by atomic mass is 10.1. The highest BCUT2D eigenvalue weighted by Crippen LogP contribution is 2.29. The molecule has 0 unspecified atom stereocenters. The third kappa shape index (κ3) is 4.34. The van der Waals surface area contributed by atoms with E-state index in [9.17, 15) is 9.59 Å². The summed E-state index contributed by atoms with van der Waals surface area (Å²) in [6.45, 7) is 7.03. The molecule has 0 bridgehead atoms. The SMILES string of the molecule is Cc1c(O[C@H](C)C(=O)N2CCN(C(=O)c3ccccc3)C[C@H]2C)cccc1-c1ncno1. The quantitative estimate of drug-likeness (QED) is 0.613. The van der Waals surface area contributed by atoms with Crippen molar-refractivity contribution in [1.29, 1.82) is 0 Å². The van der Waals surface area contributed by atoms with Crippen LogP contribution in [0.3, 0.4) is 0 Å². The van der Waals surface area contributed by atoms with Gasteiger partial charge in [-0.05, 0) is 45.0 Å². The van der Waals surface area contributed by atoms with E-state index in [-0.39, 0.29) is 17.9 Å². The van der Waals surface area contributed by atoms with Crippen LogP contribution in [0, 0.1) is 6.92 Å². The summed E-state index contributed by atoms with van der Waals surface area (Å²) < 4.78 is 11.2. The van der Waals surface area contributed by atoms with Gasteiger partial charge in [-0.15, -0.1) is 0 Å². The van der Waals surface area contributed by atoms with Crippen molar-refractivity contribution in [2.45, 2.75) is 32.9 Å². The van der Waals surface area contributed by atoms with Crippen LogP contribution < -0.4 is 4.74 Å². The minimum Gasteiger partial charge on any atom is -0.481 e. The van der Waals surface area contributed by atoms with E-state index in [2.05, 4.69) is 10.1 Å². The highest BCUT2D eigenvalue weighted by Gasteiger charge is 2.33. The number of nitrogens with zero attached hydrogens (tertiary/aromatic N) is 4. The van der Waals surface area contributed by atoms with Gasteiger partial charge in [0.2, 0.25) is 0 Å². The second-order valence-corrected chi connectivity index (χ2v) is 7.93. The largest absolute Gasteiger partial charge is 0.481 e. The molecule has 1 aromatic heterocycles. The molecule has 166 valence electrons. The van der Waals surface area contributed by atoms with Crippen LogP contribution in [0.2, 0.25) is 0 Å². The summed E-state index contributed by atoms with van der Waals surface area (Å²) in [5.41, 5.74) is 2.25. The molecule has 4 rings (SSSR count). The van der Waals surface area contributed by atoms with Crippen LogP contribution in [0.1, 0.15) is 29.8 Å². The second-order valence-electron chi connectivity index (χ2n) is 7.93. The van der Waals surface area contributed by atoms with E-state index in [4.69, 9.17) is 9.26 Å². The number of benzene rings is 2. The van der Waals surface area contributed by atoms with Crippen LogP contribution in [0.15, 0.2) is 59.4 Å². The third-order valence-electron chi connectivity index (χ3n) is 5.75. The minimum atomic E-state index is -0.675. The Morgan fingerprint density at radius 2 is 1.91 bits per heavy atom. The molecule has 2 amide bonds.